The first kappa shape index (κ1) is 70.0. The summed E-state index contributed by atoms with van der Waals surface area (Å²) in [4.78, 5) is 74.0. The molecule has 4 fully saturated rings. The fourth-order valence-corrected chi connectivity index (χ4v) is 10.7. The van der Waals surface area contributed by atoms with Gasteiger partial charge in [0.05, 0.1) is 6.61 Å². The molecule has 476 valence electrons. The van der Waals surface area contributed by atoms with E-state index in [1.165, 1.54) is 22.3 Å². The largest absolute Gasteiger partial charge is 0.491 e. The molecule has 88 heavy (non-hydrogen) atoms. The van der Waals surface area contributed by atoms with Crippen molar-refractivity contribution in [3.63, 3.8) is 0 Å². The molecule has 0 radical (unpaired) electrons. The molecule has 6 aromatic rings. The molecule has 14 heteroatoms. The van der Waals surface area contributed by atoms with Crippen molar-refractivity contribution in [3.8, 4) is 5.75 Å². The summed E-state index contributed by atoms with van der Waals surface area (Å²) in [7, 11) is 0. The Morgan fingerprint density at radius 2 is 0.852 bits per heavy atom. The summed E-state index contributed by atoms with van der Waals surface area (Å²) in [5.41, 5.74) is 11.5. The number of likely N-dealkylation sites (tertiary alicyclic amines) is 4. The number of hydrogen-bond donors (Lipinski definition) is 0. The van der Waals surface area contributed by atoms with Crippen LogP contribution in [-0.2, 0) is 66.5 Å². The number of carbonyl (C=O) groups excluding carboxylic acids is 4. The number of nitrogens with zero attached hydrogens (tertiary/aromatic N) is 9. The van der Waals surface area contributed by atoms with E-state index in [0.29, 0.717) is 30.3 Å². The van der Waals surface area contributed by atoms with E-state index in [2.05, 4.69) is 183 Å². The zero-order chi connectivity index (χ0) is 64.9. The molecule has 0 aliphatic carbocycles. The van der Waals surface area contributed by atoms with Crippen molar-refractivity contribution in [2.75, 3.05) is 59.0 Å². The van der Waals surface area contributed by atoms with Gasteiger partial charge in [-0.15, -0.1) is 0 Å². The highest BCUT2D eigenvalue weighted by Gasteiger charge is 2.32. The second-order valence-corrected chi connectivity index (χ2v) is 30.3. The minimum absolute atomic E-state index is 0.0583. The zero-order valence-corrected chi connectivity index (χ0v) is 57.0. The van der Waals surface area contributed by atoms with E-state index in [0.717, 1.165) is 117 Å². The van der Waals surface area contributed by atoms with Gasteiger partial charge in [0, 0.05) is 138 Å². The van der Waals surface area contributed by atoms with Gasteiger partial charge in [0.1, 0.15) is 17.6 Å². The summed E-state index contributed by atoms with van der Waals surface area (Å²) < 4.78 is 5.82. The SMILES string of the molecule is CC(=O)N1CC(Cc2cc(C(C)(C)C)ccn2)C1.CC(=O)N1CC(Cc2cc(C(C)(C)C)ncn2)C1.CC(=O)N1CC(Cc2cccc(C(C)(C)C)c2)C1.CC(=O)N1CC(Cc2ccnc(C(C)(C)C)c2)C1.CC(C)(C)COc1cccc2cccnc12. The molecule has 0 atom stereocenters. The second kappa shape index (κ2) is 29.9. The predicted octanol–water partition coefficient (Wildman–Crippen LogP) is 13.3. The van der Waals surface area contributed by atoms with Gasteiger partial charge in [-0.2, -0.15) is 0 Å². The molecule has 0 N–H and O–H groups in total. The monoisotopic (exact) mass is 1200 g/mol. The Bertz CT molecular complexity index is 2920. The third-order valence-corrected chi connectivity index (χ3v) is 16.5. The maximum Gasteiger partial charge on any atom is 0.219 e. The Morgan fingerprint density at radius 3 is 1.33 bits per heavy atom. The normalized spacial score (nSPS) is 15.7. The topological polar surface area (TPSA) is 155 Å². The first-order valence-corrected chi connectivity index (χ1v) is 31.8. The van der Waals surface area contributed by atoms with E-state index in [1.807, 2.05) is 62.3 Å². The van der Waals surface area contributed by atoms with E-state index in [1.54, 1.807) is 40.2 Å². The third kappa shape index (κ3) is 21.9. The Morgan fingerprint density at radius 1 is 0.420 bits per heavy atom. The summed E-state index contributed by atoms with van der Waals surface area (Å²) >= 11 is 0. The van der Waals surface area contributed by atoms with Crippen LogP contribution in [0, 0.1) is 29.1 Å². The molecule has 4 aliphatic heterocycles. The Hall–Kier alpha value is -7.09. The van der Waals surface area contributed by atoms with Gasteiger partial charge in [-0.1, -0.05) is 146 Å². The first-order valence-electron chi connectivity index (χ1n) is 31.8. The Kier molecular flexibility index (Phi) is 23.8. The first-order chi connectivity index (χ1) is 41.0. The number of carbonyl (C=O) groups is 4. The molecule has 14 nitrogen and oxygen atoms in total. The zero-order valence-electron chi connectivity index (χ0n) is 57.0. The van der Waals surface area contributed by atoms with Gasteiger partial charge < -0.3 is 24.3 Å². The molecule has 0 bridgehead atoms. The lowest BCUT2D eigenvalue weighted by atomic mass is 9.84. The average molecular weight is 1200 g/mol. The molecule has 4 saturated heterocycles. The molecular formula is C74H105N9O5. The van der Waals surface area contributed by atoms with Crippen LogP contribution in [0.1, 0.15) is 177 Å². The number of amides is 4. The minimum atomic E-state index is 0.0583. The molecule has 0 unspecified atom stereocenters. The van der Waals surface area contributed by atoms with Crippen molar-refractivity contribution >= 4 is 34.5 Å². The molecule has 10 rings (SSSR count). The van der Waals surface area contributed by atoms with Crippen LogP contribution in [0.2, 0.25) is 0 Å². The van der Waals surface area contributed by atoms with Crippen molar-refractivity contribution in [3.05, 3.63) is 155 Å². The summed E-state index contributed by atoms with van der Waals surface area (Å²) in [5.74, 6) is 4.01. The van der Waals surface area contributed by atoms with E-state index in [9.17, 15) is 19.2 Å². The van der Waals surface area contributed by atoms with Gasteiger partial charge in [-0.25, -0.2) is 9.97 Å². The lowest BCUT2D eigenvalue weighted by Gasteiger charge is -2.39. The molecular weight excluding hydrogens is 1090 g/mol. The van der Waals surface area contributed by atoms with Crippen molar-refractivity contribution in [2.24, 2.45) is 29.1 Å². The van der Waals surface area contributed by atoms with Crippen molar-refractivity contribution in [1.29, 1.82) is 0 Å². The number of benzene rings is 2. The number of ether oxygens (including phenoxy) is 1. The van der Waals surface area contributed by atoms with Gasteiger partial charge in [0.25, 0.3) is 0 Å². The molecule has 8 heterocycles. The molecule has 2 aromatic carbocycles. The van der Waals surface area contributed by atoms with Gasteiger partial charge in [-0.05, 0) is 130 Å². The molecule has 0 spiro atoms. The Balaban J connectivity index is 0.000000176. The summed E-state index contributed by atoms with van der Waals surface area (Å²) in [6.07, 6.45) is 11.3. The van der Waals surface area contributed by atoms with Crippen LogP contribution in [0.15, 0.2) is 110 Å². The third-order valence-electron chi connectivity index (χ3n) is 16.5. The number of aromatic nitrogens is 5. The molecule has 4 amide bonds. The molecule has 0 saturated carbocycles. The fourth-order valence-electron chi connectivity index (χ4n) is 10.7. The van der Waals surface area contributed by atoms with Crippen LogP contribution in [0.5, 0.6) is 5.75 Å². The van der Waals surface area contributed by atoms with Crippen LogP contribution in [-0.4, -0.2) is 127 Å². The number of para-hydroxylation sites is 1. The van der Waals surface area contributed by atoms with Gasteiger partial charge >= 0.3 is 0 Å². The maximum absolute atomic E-state index is 11.1. The van der Waals surface area contributed by atoms with Crippen LogP contribution in [0.3, 0.4) is 0 Å². The van der Waals surface area contributed by atoms with Gasteiger partial charge in [-0.3, -0.25) is 34.1 Å². The molecule has 4 aromatic heterocycles. The number of pyridine rings is 3. The predicted molar refractivity (Wildman–Crippen MR) is 356 cm³/mol. The van der Waals surface area contributed by atoms with Crippen LogP contribution in [0.4, 0.5) is 0 Å². The lowest BCUT2D eigenvalue weighted by Crippen LogP contribution is -2.49. The minimum Gasteiger partial charge on any atom is -0.491 e. The summed E-state index contributed by atoms with van der Waals surface area (Å²) in [6.45, 7) is 47.3. The fraction of sp³-hybridized carbons (Fsp3) is 0.554. The second-order valence-electron chi connectivity index (χ2n) is 30.3. The van der Waals surface area contributed by atoms with E-state index in [-0.39, 0.29) is 50.7 Å². The van der Waals surface area contributed by atoms with Crippen molar-refractivity contribution < 1.29 is 23.9 Å². The Labute approximate surface area is 528 Å². The maximum atomic E-state index is 11.1. The smallest absolute Gasteiger partial charge is 0.219 e. The van der Waals surface area contributed by atoms with Gasteiger partial charge in [0.15, 0.2) is 0 Å². The van der Waals surface area contributed by atoms with E-state index in [4.69, 9.17) is 4.74 Å². The van der Waals surface area contributed by atoms with Gasteiger partial charge in [0.2, 0.25) is 23.6 Å². The quantitative estimate of drug-likeness (QED) is 0.129. The highest BCUT2D eigenvalue weighted by Crippen LogP contribution is 2.30. The number of rotatable bonds is 10. The van der Waals surface area contributed by atoms with Crippen molar-refractivity contribution in [2.45, 2.75) is 179 Å². The summed E-state index contributed by atoms with van der Waals surface area (Å²) in [5, 5.41) is 1.12. The van der Waals surface area contributed by atoms with Crippen LogP contribution >= 0.6 is 0 Å². The molecule has 4 aliphatic rings. The van der Waals surface area contributed by atoms with E-state index < -0.39 is 0 Å². The standard InChI is InChI=1S/C16H23NO.2C15H22N2O.C14H21N3O.C14H17NO/c1-12(18)17-10-14(11-17)8-13-6-5-7-15(9-13)16(2,3)4;1-11(18)17-9-12(10-17)7-14-8-13(5-6-16-14)15(2,3)4;1-11(18)17-9-13(10-17)7-12-5-6-16-14(8-12)15(2,3)4;1-10(18)17-7-11(8-17)5-12-6-13(14(2,3)4)16-9-15-12;1-14(2,3)10-16-12-8-4-6-11-7-5-9-15-13(11)12/h5-7,9,14H,8,10-11H2,1-4H3;5-6,8,12H,7,9-10H2,1-4H3;5-6,8,13H,7,9-10H2,1-4H3;6,9,11H,5,7-8H2,1-4H3;4-9H,10H2,1-3H3. The van der Waals surface area contributed by atoms with Crippen LogP contribution < -0.4 is 4.74 Å². The van der Waals surface area contributed by atoms with Crippen molar-refractivity contribution in [1.82, 2.24) is 44.5 Å². The average Bonchev–Trinajstić information content (AvgIpc) is 3.52. The van der Waals surface area contributed by atoms with Crippen LogP contribution in [0.25, 0.3) is 10.9 Å². The highest BCUT2D eigenvalue weighted by molar-refractivity contribution is 5.84. The van der Waals surface area contributed by atoms with E-state index >= 15 is 0 Å². The lowest BCUT2D eigenvalue weighted by molar-refractivity contribution is -0.135. The summed E-state index contributed by atoms with van der Waals surface area (Å²) in [6, 6.07) is 29.6. The number of hydrogen-bond acceptors (Lipinski definition) is 10. The highest BCUT2D eigenvalue weighted by atomic mass is 16.5. The number of fused-ring (bicyclic) bond motifs is 1.